The van der Waals surface area contributed by atoms with Crippen LogP contribution in [0.3, 0.4) is 0 Å². The van der Waals surface area contributed by atoms with E-state index >= 15 is 0 Å². The van der Waals surface area contributed by atoms with Crippen LogP contribution in [0.15, 0.2) is 54.6 Å². The largest absolute Gasteiger partial charge is 0.492 e. The van der Waals surface area contributed by atoms with Crippen molar-refractivity contribution in [2.24, 2.45) is 23.7 Å². The van der Waals surface area contributed by atoms with E-state index in [1.165, 1.54) is 19.3 Å². The van der Waals surface area contributed by atoms with Gasteiger partial charge in [-0.15, -0.1) is 0 Å². The summed E-state index contributed by atoms with van der Waals surface area (Å²) in [5.74, 6) is -2.50. The van der Waals surface area contributed by atoms with Crippen molar-refractivity contribution in [3.05, 3.63) is 65.7 Å². The minimum Gasteiger partial charge on any atom is -0.492 e. The molecule has 2 fully saturated rings. The summed E-state index contributed by atoms with van der Waals surface area (Å²) in [5, 5.41) is 2.83. The third kappa shape index (κ3) is 11.5. The van der Waals surface area contributed by atoms with E-state index in [0.717, 1.165) is 50.9 Å². The molecule has 48 heavy (non-hydrogen) atoms. The van der Waals surface area contributed by atoms with E-state index in [1.807, 2.05) is 50.2 Å². The van der Waals surface area contributed by atoms with Gasteiger partial charge in [0.1, 0.15) is 12.4 Å². The summed E-state index contributed by atoms with van der Waals surface area (Å²) in [6.07, 6.45) is 8.16. The first-order valence-electron chi connectivity index (χ1n) is 18.0. The molecule has 0 radical (unpaired) electrons. The van der Waals surface area contributed by atoms with Crippen LogP contribution in [-0.2, 0) is 25.6 Å². The van der Waals surface area contributed by atoms with Gasteiger partial charge in [-0.2, -0.15) is 0 Å². The highest BCUT2D eigenvalue weighted by Gasteiger charge is 2.33. The molecule has 8 nitrogen and oxygen atoms in total. The fourth-order valence-electron chi connectivity index (χ4n) is 6.95. The lowest BCUT2D eigenvalue weighted by Gasteiger charge is -2.24. The Balaban J connectivity index is 1.37. The fourth-order valence-corrected chi connectivity index (χ4v) is 6.95. The lowest BCUT2D eigenvalue weighted by atomic mass is 9.80. The van der Waals surface area contributed by atoms with Gasteiger partial charge in [-0.3, -0.25) is 28.9 Å². The van der Waals surface area contributed by atoms with Crippen LogP contribution >= 0.6 is 0 Å². The summed E-state index contributed by atoms with van der Waals surface area (Å²) >= 11 is 0. The third-order valence-corrected chi connectivity index (χ3v) is 10.0. The van der Waals surface area contributed by atoms with Gasteiger partial charge in [-0.05, 0) is 68.8 Å². The van der Waals surface area contributed by atoms with Crippen LogP contribution in [0.25, 0.3) is 0 Å². The highest BCUT2D eigenvalue weighted by Crippen LogP contribution is 2.28. The molecular formula is C40H54N2O6. The van der Waals surface area contributed by atoms with Crippen LogP contribution in [0, 0.1) is 23.7 Å². The molecule has 2 aromatic carbocycles. The maximum atomic E-state index is 13.7. The van der Waals surface area contributed by atoms with Crippen molar-refractivity contribution in [3.8, 4) is 5.75 Å². The summed E-state index contributed by atoms with van der Waals surface area (Å²) < 4.78 is 5.95. The van der Waals surface area contributed by atoms with Crippen molar-refractivity contribution in [1.82, 2.24) is 10.2 Å². The molecule has 8 heteroatoms. The van der Waals surface area contributed by atoms with Gasteiger partial charge >= 0.3 is 0 Å². The maximum Gasteiger partial charge on any atom is 0.224 e. The van der Waals surface area contributed by atoms with Gasteiger partial charge < -0.3 is 10.1 Å². The van der Waals surface area contributed by atoms with Gasteiger partial charge in [-0.1, -0.05) is 88.4 Å². The number of Topliss-reactive ketones (excluding diaryl/α,β-unsaturated/α-hetero) is 4. The van der Waals surface area contributed by atoms with Gasteiger partial charge in [0.15, 0.2) is 17.3 Å². The lowest BCUT2D eigenvalue weighted by Crippen LogP contribution is -2.44. The Morgan fingerprint density at radius 3 is 2.25 bits per heavy atom. The van der Waals surface area contributed by atoms with Crippen molar-refractivity contribution in [1.29, 1.82) is 0 Å². The Morgan fingerprint density at radius 2 is 1.56 bits per heavy atom. The van der Waals surface area contributed by atoms with E-state index in [4.69, 9.17) is 4.74 Å². The molecule has 1 N–H and O–H groups in total. The molecule has 1 aliphatic carbocycles. The third-order valence-electron chi connectivity index (χ3n) is 10.0. The number of carbonyl (C=O) groups is 5. The number of ether oxygens (including phenoxy) is 1. The maximum absolute atomic E-state index is 13.7. The van der Waals surface area contributed by atoms with E-state index in [-0.39, 0.29) is 48.4 Å². The molecule has 4 rings (SSSR count). The molecule has 0 unspecified atom stereocenters. The van der Waals surface area contributed by atoms with Crippen molar-refractivity contribution < 1.29 is 28.7 Å². The molecule has 3 atom stereocenters. The number of benzene rings is 2. The Labute approximate surface area is 286 Å². The number of hydrogen-bond donors (Lipinski definition) is 1. The highest BCUT2D eigenvalue weighted by atomic mass is 16.5. The second kappa shape index (κ2) is 18.8. The topological polar surface area (TPSA) is 110 Å². The number of carbonyl (C=O) groups excluding carboxylic acids is 5. The molecule has 1 saturated heterocycles. The first-order chi connectivity index (χ1) is 23.1. The SMILES string of the molecule is CC(C)[C@H](CC(=O)[C@H](C)NC(=O)[C@@H](CC(=O)c1cccc(OCCN2CCCC2)c1)Cc1ccccc1)C(=O)C(=O)CC1CCCCC1. The van der Waals surface area contributed by atoms with Crippen molar-refractivity contribution in [3.63, 3.8) is 0 Å². The zero-order valence-corrected chi connectivity index (χ0v) is 29.1. The summed E-state index contributed by atoms with van der Waals surface area (Å²) in [6.45, 7) is 8.87. The number of likely N-dealkylation sites (tertiary alicyclic amines) is 1. The van der Waals surface area contributed by atoms with Crippen LogP contribution in [0.4, 0.5) is 0 Å². The number of ketones is 4. The fraction of sp³-hybridized carbons (Fsp3) is 0.575. The highest BCUT2D eigenvalue weighted by molar-refractivity contribution is 6.38. The molecule has 260 valence electrons. The van der Waals surface area contributed by atoms with E-state index in [2.05, 4.69) is 10.2 Å². The quantitative estimate of drug-likeness (QED) is 0.137. The summed E-state index contributed by atoms with van der Waals surface area (Å²) in [7, 11) is 0. The van der Waals surface area contributed by atoms with Crippen LogP contribution in [-0.4, -0.2) is 66.2 Å². The zero-order chi connectivity index (χ0) is 34.5. The van der Waals surface area contributed by atoms with E-state index in [1.54, 1.807) is 25.1 Å². The average molecular weight is 659 g/mol. The number of rotatable bonds is 19. The zero-order valence-electron chi connectivity index (χ0n) is 29.1. The van der Waals surface area contributed by atoms with Crippen LogP contribution in [0.1, 0.15) is 101 Å². The lowest BCUT2D eigenvalue weighted by molar-refractivity contribution is -0.142. The minimum absolute atomic E-state index is 0.0400. The van der Waals surface area contributed by atoms with Crippen molar-refractivity contribution in [2.45, 2.75) is 97.4 Å². The number of hydrogen-bond acceptors (Lipinski definition) is 7. The van der Waals surface area contributed by atoms with Gasteiger partial charge in [-0.25, -0.2) is 0 Å². The first kappa shape index (κ1) is 37.2. The van der Waals surface area contributed by atoms with Gasteiger partial charge in [0.25, 0.3) is 0 Å². The number of nitrogens with one attached hydrogen (secondary N) is 1. The second-order valence-electron chi connectivity index (χ2n) is 14.2. The van der Waals surface area contributed by atoms with Gasteiger partial charge in [0.2, 0.25) is 11.7 Å². The van der Waals surface area contributed by atoms with Crippen LogP contribution < -0.4 is 10.1 Å². The molecule has 0 aromatic heterocycles. The standard InChI is InChI=1S/C40H54N2O6/c1-28(2)35(39(46)38(45)24-31-15-8-5-9-16-31)27-36(43)29(3)41-40(47)33(23-30-13-6-4-7-14-30)26-37(44)32-17-12-18-34(25-32)48-22-21-42-19-10-11-20-42/h4,6-7,12-14,17-18,25,28-29,31,33,35H,5,8-11,15-16,19-24,26-27H2,1-3H3,(H,41,47)/t29-,33+,35-/m0/s1. The predicted octanol–water partition coefficient (Wildman–Crippen LogP) is 6.44. The van der Waals surface area contributed by atoms with Gasteiger partial charge in [0.05, 0.1) is 6.04 Å². The number of amides is 1. The molecule has 0 spiro atoms. The molecule has 2 aliphatic rings. The predicted molar refractivity (Wildman–Crippen MR) is 187 cm³/mol. The van der Waals surface area contributed by atoms with E-state index < -0.39 is 29.6 Å². The molecule has 1 saturated carbocycles. The average Bonchev–Trinajstić information content (AvgIpc) is 3.61. The van der Waals surface area contributed by atoms with Gasteiger partial charge in [0, 0.05) is 43.2 Å². The molecule has 1 amide bonds. The normalized spacial score (nSPS) is 17.4. The van der Waals surface area contributed by atoms with Crippen LogP contribution in [0.5, 0.6) is 5.75 Å². The molecular weight excluding hydrogens is 604 g/mol. The Kier molecular flexibility index (Phi) is 14.5. The molecule has 1 aliphatic heterocycles. The van der Waals surface area contributed by atoms with E-state index in [9.17, 15) is 24.0 Å². The van der Waals surface area contributed by atoms with Crippen molar-refractivity contribution >= 4 is 29.0 Å². The smallest absolute Gasteiger partial charge is 0.224 e. The summed E-state index contributed by atoms with van der Waals surface area (Å²) in [6, 6.07) is 15.7. The van der Waals surface area contributed by atoms with E-state index in [0.29, 0.717) is 24.3 Å². The van der Waals surface area contributed by atoms with Crippen molar-refractivity contribution in [2.75, 3.05) is 26.2 Å². The molecule has 1 heterocycles. The molecule has 2 aromatic rings. The monoisotopic (exact) mass is 658 g/mol. The second-order valence-corrected chi connectivity index (χ2v) is 14.2. The first-order valence-corrected chi connectivity index (χ1v) is 18.0. The number of nitrogens with zero attached hydrogens (tertiary/aromatic N) is 1. The Bertz CT molecular complexity index is 1380. The molecule has 0 bridgehead atoms. The van der Waals surface area contributed by atoms with Crippen LogP contribution in [0.2, 0.25) is 0 Å². The summed E-state index contributed by atoms with van der Waals surface area (Å²) in [5.41, 5.74) is 1.38. The Morgan fingerprint density at radius 1 is 0.854 bits per heavy atom. The minimum atomic E-state index is -0.874. The Hall–Kier alpha value is -3.65. The summed E-state index contributed by atoms with van der Waals surface area (Å²) in [4.78, 5) is 69.1.